The van der Waals surface area contributed by atoms with Gasteiger partial charge in [-0.1, -0.05) is 0 Å². The lowest BCUT2D eigenvalue weighted by Crippen LogP contribution is -2.27. The first-order chi connectivity index (χ1) is 35.9. The first kappa shape index (κ1) is 57.5. The Kier molecular flexibility index (Phi) is 21.0. The summed E-state index contributed by atoms with van der Waals surface area (Å²) in [6.07, 6.45) is 0. The Bertz CT molecular complexity index is 2200. The Hall–Kier alpha value is -7.42. The van der Waals surface area contributed by atoms with Crippen LogP contribution in [0, 0.1) is 0 Å². The summed E-state index contributed by atoms with van der Waals surface area (Å²) in [6.45, 7) is 0. The first-order valence-corrected chi connectivity index (χ1v) is 25.0. The lowest BCUT2D eigenvalue weighted by atomic mass is 10.3. The summed E-state index contributed by atoms with van der Waals surface area (Å²) in [5.74, 6) is 9.99. The van der Waals surface area contributed by atoms with E-state index in [4.69, 9.17) is 85.3 Å². The number of ether oxygens (including phenoxy) is 18. The molecule has 6 rings (SSSR count). The zero-order chi connectivity index (χ0) is 54.2. The molecule has 400 valence electrons. The molecule has 0 aliphatic carbocycles. The van der Waals surface area contributed by atoms with E-state index in [1.807, 2.05) is 0 Å². The second kappa shape index (κ2) is 27.0. The van der Waals surface area contributed by atoms with Crippen molar-refractivity contribution in [1.29, 1.82) is 0 Å². The van der Waals surface area contributed by atoms with Gasteiger partial charge in [-0.15, -0.1) is 0 Å². The highest BCUT2D eigenvalue weighted by atomic mass is 31.1. The van der Waals surface area contributed by atoms with Gasteiger partial charge in [0.05, 0.1) is 160 Å². The van der Waals surface area contributed by atoms with Crippen LogP contribution < -0.4 is 117 Å². The molecule has 0 spiro atoms. The van der Waals surface area contributed by atoms with Crippen molar-refractivity contribution in [3.8, 4) is 103 Å². The van der Waals surface area contributed by atoms with Gasteiger partial charge < -0.3 is 85.3 Å². The van der Waals surface area contributed by atoms with Crippen molar-refractivity contribution in [3.63, 3.8) is 0 Å². The van der Waals surface area contributed by atoms with Gasteiger partial charge in [0, 0.05) is 88.6 Å². The Balaban J connectivity index is 0.000000274. The van der Waals surface area contributed by atoms with Gasteiger partial charge in [0.2, 0.25) is 0 Å². The van der Waals surface area contributed by atoms with Crippen LogP contribution >= 0.6 is 15.8 Å². The molecule has 0 N–H and O–H groups in total. The maximum Gasteiger partial charge on any atom is 0.134 e. The fraction of sp³-hybridized carbons (Fsp3) is 0.333. The third-order valence-electron chi connectivity index (χ3n) is 11.5. The van der Waals surface area contributed by atoms with E-state index in [2.05, 4.69) is 0 Å². The highest BCUT2D eigenvalue weighted by Gasteiger charge is 2.38. The molecule has 0 aliphatic rings. The number of hydrogen-bond acceptors (Lipinski definition) is 18. The van der Waals surface area contributed by atoms with Crippen molar-refractivity contribution in [2.75, 3.05) is 128 Å². The summed E-state index contributed by atoms with van der Waals surface area (Å²) in [5.41, 5.74) is 0. The summed E-state index contributed by atoms with van der Waals surface area (Å²) in [4.78, 5) is 0. The fourth-order valence-corrected chi connectivity index (χ4v) is 13.8. The lowest BCUT2D eigenvalue weighted by Gasteiger charge is -2.29. The van der Waals surface area contributed by atoms with Crippen LogP contribution in [0.1, 0.15) is 0 Å². The topological polar surface area (TPSA) is 166 Å². The normalized spacial score (nSPS) is 10.5. The maximum absolute atomic E-state index is 5.88. The molecule has 0 saturated carbocycles. The summed E-state index contributed by atoms with van der Waals surface area (Å²) < 4.78 is 104. The molecule has 6 aromatic carbocycles. The number of hydrogen-bond donors (Lipinski definition) is 0. The first-order valence-electron chi connectivity index (χ1n) is 22.3. The molecule has 0 atom stereocenters. The van der Waals surface area contributed by atoms with E-state index in [9.17, 15) is 0 Å². The summed E-state index contributed by atoms with van der Waals surface area (Å²) in [6, 6.07) is 21.6. The molecule has 0 fully saturated rings. The van der Waals surface area contributed by atoms with Crippen LogP contribution in [0.2, 0.25) is 0 Å². The Morgan fingerprint density at radius 3 is 0.324 bits per heavy atom. The van der Waals surface area contributed by atoms with Crippen molar-refractivity contribution >= 4 is 47.7 Å². The van der Waals surface area contributed by atoms with Gasteiger partial charge >= 0.3 is 0 Å². The molecule has 0 aliphatic heterocycles. The molecule has 20 heteroatoms. The predicted molar refractivity (Wildman–Crippen MR) is 288 cm³/mol. The highest BCUT2D eigenvalue weighted by Crippen LogP contribution is 2.54. The Morgan fingerprint density at radius 1 is 0.162 bits per heavy atom. The molecular formula is C54H66O18P2. The van der Waals surface area contributed by atoms with E-state index in [1.165, 1.54) is 0 Å². The zero-order valence-electron chi connectivity index (χ0n) is 45.2. The third kappa shape index (κ3) is 11.8. The van der Waals surface area contributed by atoms with Crippen molar-refractivity contribution in [2.45, 2.75) is 0 Å². The number of methoxy groups -OCH3 is 18. The lowest BCUT2D eigenvalue weighted by molar-refractivity contribution is 0.377. The zero-order valence-corrected chi connectivity index (χ0v) is 47.0. The molecule has 0 saturated heterocycles. The van der Waals surface area contributed by atoms with Gasteiger partial charge in [0.15, 0.2) is 0 Å². The van der Waals surface area contributed by atoms with Crippen LogP contribution in [0.4, 0.5) is 0 Å². The number of rotatable bonds is 24. The average Bonchev–Trinajstić information content (AvgIpc) is 3.46. The van der Waals surface area contributed by atoms with E-state index in [1.54, 1.807) is 201 Å². The van der Waals surface area contributed by atoms with Gasteiger partial charge in [0.25, 0.3) is 0 Å². The van der Waals surface area contributed by atoms with Crippen LogP contribution in [0.5, 0.6) is 103 Å². The fourth-order valence-electron chi connectivity index (χ4n) is 7.92. The second-order valence-corrected chi connectivity index (χ2v) is 19.0. The summed E-state index contributed by atoms with van der Waals surface area (Å²) in [5, 5.41) is 4.44. The van der Waals surface area contributed by atoms with Gasteiger partial charge in [0.1, 0.15) is 103 Å². The molecule has 0 aromatic heterocycles. The van der Waals surface area contributed by atoms with E-state index in [-0.39, 0.29) is 0 Å². The van der Waals surface area contributed by atoms with E-state index < -0.39 is 15.8 Å². The molecule has 0 unspecified atom stereocenters. The van der Waals surface area contributed by atoms with Crippen LogP contribution in [-0.2, 0) is 0 Å². The van der Waals surface area contributed by atoms with Gasteiger partial charge in [-0.05, 0) is 0 Å². The Morgan fingerprint density at radius 2 is 0.257 bits per heavy atom. The number of benzene rings is 6. The maximum atomic E-state index is 5.88. The smallest absolute Gasteiger partial charge is 0.134 e. The standard InChI is InChI=1S/2C27H33O9P/c2*1-28-16-10-19(31-4)25(20(11-16)32-5)37(26-21(33-6)12-17(29-2)13-22(26)34-7)27-23(35-8)14-18(30-3)15-24(27)36-9/h2*10-15H,1-9H3. The minimum atomic E-state index is -1.57. The average molecular weight is 1070 g/mol. The third-order valence-corrected chi connectivity index (χ3v) is 16.8. The largest absolute Gasteiger partial charge is 0.496 e. The van der Waals surface area contributed by atoms with Crippen LogP contribution in [0.25, 0.3) is 0 Å². The molecule has 0 bridgehead atoms. The van der Waals surface area contributed by atoms with Gasteiger partial charge in [-0.25, -0.2) is 0 Å². The molecule has 18 nitrogen and oxygen atoms in total. The Labute approximate surface area is 435 Å². The van der Waals surface area contributed by atoms with Crippen LogP contribution in [-0.4, -0.2) is 128 Å². The quantitative estimate of drug-likeness (QED) is 0.0566. The molecule has 6 aromatic rings. The van der Waals surface area contributed by atoms with Gasteiger partial charge in [-0.2, -0.15) is 0 Å². The molecule has 0 amide bonds. The predicted octanol–water partition coefficient (Wildman–Crippen LogP) is 7.04. The van der Waals surface area contributed by atoms with Gasteiger partial charge in [-0.3, -0.25) is 0 Å². The molecule has 74 heavy (non-hydrogen) atoms. The van der Waals surface area contributed by atoms with Crippen molar-refractivity contribution < 1.29 is 85.3 Å². The summed E-state index contributed by atoms with van der Waals surface area (Å²) >= 11 is 0. The second-order valence-electron chi connectivity index (χ2n) is 15.0. The molecule has 0 radical (unpaired) electrons. The van der Waals surface area contributed by atoms with Crippen LogP contribution in [0.3, 0.4) is 0 Å². The van der Waals surface area contributed by atoms with Crippen LogP contribution in [0.15, 0.2) is 72.8 Å². The molecule has 0 heterocycles. The van der Waals surface area contributed by atoms with E-state index >= 15 is 0 Å². The SMILES string of the molecule is COc1cc(OC)c(P(c2c(OC)cc(OC)cc2OC)c2c(OC)cc(OC)cc2OC)c(OC)c1.COc1cc(OC)c(P(c2c(OC)cc(OC)cc2OC)c2c(OC)cc(OC)cc2OC)c(OC)c1. The van der Waals surface area contributed by atoms with E-state index in [0.717, 1.165) is 31.8 Å². The minimum absolute atomic E-state index is 0.544. The monoisotopic (exact) mass is 1060 g/mol. The molecular weight excluding hydrogens is 999 g/mol. The minimum Gasteiger partial charge on any atom is -0.496 e. The van der Waals surface area contributed by atoms with E-state index in [0.29, 0.717) is 103 Å². The van der Waals surface area contributed by atoms with Crippen molar-refractivity contribution in [2.24, 2.45) is 0 Å². The van der Waals surface area contributed by atoms with Crippen molar-refractivity contribution in [3.05, 3.63) is 72.8 Å². The summed E-state index contributed by atoms with van der Waals surface area (Å²) in [7, 11) is 25.5. The highest BCUT2D eigenvalue weighted by molar-refractivity contribution is 7.81. The van der Waals surface area contributed by atoms with Crippen molar-refractivity contribution in [1.82, 2.24) is 0 Å².